The van der Waals surface area contributed by atoms with Crippen LogP contribution in [-0.4, -0.2) is 174 Å². The van der Waals surface area contributed by atoms with Crippen LogP contribution in [0.3, 0.4) is 0 Å². The van der Waals surface area contributed by atoms with Gasteiger partial charge in [0, 0.05) is 105 Å². The van der Waals surface area contributed by atoms with Gasteiger partial charge in [0.2, 0.25) is 41.4 Å². The number of rotatable bonds is 25. The van der Waals surface area contributed by atoms with Gasteiger partial charge in [-0.05, 0) is 94.5 Å². The van der Waals surface area contributed by atoms with Crippen LogP contribution in [0.5, 0.6) is 5.75 Å². The fourth-order valence-corrected chi connectivity index (χ4v) is 15.4. The summed E-state index contributed by atoms with van der Waals surface area (Å²) < 4.78 is 77.4. The fraction of sp³-hybridized carbons (Fsp3) is 0.542. The molecule has 496 valence electrons. The number of benzene rings is 2. The number of hydrogen-bond donors (Lipinski definition) is 7. The third-order valence-electron chi connectivity index (χ3n) is 18.3. The van der Waals surface area contributed by atoms with Gasteiger partial charge in [-0.25, -0.2) is 22.9 Å². The van der Waals surface area contributed by atoms with Gasteiger partial charge in [0.1, 0.15) is 35.7 Å². The summed E-state index contributed by atoms with van der Waals surface area (Å²) in [6.45, 7) is 0.878. The molecule has 2 aromatic carbocycles. The number of aromatic nitrogens is 2. The van der Waals surface area contributed by atoms with Gasteiger partial charge in [0.15, 0.2) is 5.82 Å². The Morgan fingerprint density at radius 2 is 1.53 bits per heavy atom. The number of carbonyl (C=O) groups is 9. The highest BCUT2D eigenvalue weighted by Crippen LogP contribution is 2.61. The zero-order chi connectivity index (χ0) is 65.9. The van der Waals surface area contributed by atoms with Crippen molar-refractivity contribution in [2.24, 2.45) is 11.3 Å². The summed E-state index contributed by atoms with van der Waals surface area (Å²) in [7, 11) is -7.55. The number of phosphoric acid groups is 2. The van der Waals surface area contributed by atoms with Crippen LogP contribution in [0.4, 0.5) is 37.6 Å². The topological polar surface area (TPSA) is 367 Å². The van der Waals surface area contributed by atoms with Crippen LogP contribution >= 0.6 is 15.6 Å². The molecule has 1 spiro atoms. The van der Waals surface area contributed by atoms with E-state index in [-0.39, 0.29) is 104 Å². The van der Waals surface area contributed by atoms with Gasteiger partial charge in [-0.3, -0.25) is 62.4 Å². The number of halogens is 2. The summed E-state index contributed by atoms with van der Waals surface area (Å²) in [5.74, 6) is -7.04. The standard InChI is InChI=1S/C59H74F2N12O17P2/c1-4-43-56(82)69(2)44-30-64-57(67-52(44)73(43)37-7-5-6-8-37)65-42-11-9-35(27-45(42)87-3)53(79)68-59(21-25-88-91(83,84)90-92(85,86)89-26-23-63-46(74)15-22-62-48(76)32-72-49(77)13-14-50(72)78)19-17-58(18-20-59)33-71(34-58)55(81)36-16-24-70(31-36)38-28-40(60)51(41(61)29-38)39-10-12-47(75)66-54(39)80/h9,11,13-14,27-30,36-37,39,43H,4-8,10,12,15-26,31-34H2,1-3H3,(H,62,76)(H,63,74)(H,68,79)(H,83,84)(H,85,86)(H,64,65,67)(H,66,75,80)/t36-,39?,43-/m1/s1. The van der Waals surface area contributed by atoms with E-state index in [2.05, 4.69) is 40.8 Å². The lowest BCUT2D eigenvalue weighted by Crippen LogP contribution is -2.64. The largest absolute Gasteiger partial charge is 0.495 e. The number of imide groups is 2. The molecule has 0 bridgehead atoms. The minimum absolute atomic E-state index is 0.0301. The molecule has 2 saturated carbocycles. The molecule has 7 aliphatic rings. The highest BCUT2D eigenvalue weighted by Gasteiger charge is 2.52. The monoisotopic (exact) mass is 1320 g/mol. The molecule has 6 heterocycles. The van der Waals surface area contributed by atoms with Crippen molar-refractivity contribution in [1.82, 2.24) is 41.0 Å². The second-order valence-electron chi connectivity index (χ2n) is 24.3. The summed E-state index contributed by atoms with van der Waals surface area (Å²) in [5.41, 5.74) is -0.538. The zero-order valence-electron chi connectivity index (χ0n) is 51.0. The van der Waals surface area contributed by atoms with Crippen molar-refractivity contribution >= 4 is 97.6 Å². The highest BCUT2D eigenvalue weighted by molar-refractivity contribution is 7.61. The van der Waals surface area contributed by atoms with E-state index in [9.17, 15) is 62.1 Å². The summed E-state index contributed by atoms with van der Waals surface area (Å²) in [5, 5.41) is 13.2. The van der Waals surface area contributed by atoms with Gasteiger partial charge in [0.25, 0.3) is 17.7 Å². The normalized spacial score (nSPS) is 22.4. The van der Waals surface area contributed by atoms with Gasteiger partial charge in [-0.15, -0.1) is 0 Å². The van der Waals surface area contributed by atoms with E-state index in [1.807, 2.05) is 6.92 Å². The number of amides is 9. The van der Waals surface area contributed by atoms with E-state index in [0.29, 0.717) is 67.4 Å². The Morgan fingerprint density at radius 1 is 0.859 bits per heavy atom. The number of likely N-dealkylation sites (N-methyl/N-ethyl adjacent to an activating group) is 1. The molecule has 10 rings (SSSR count). The summed E-state index contributed by atoms with van der Waals surface area (Å²) in [6.07, 6.45) is 9.62. The molecular weight excluding hydrogens is 1250 g/mol. The summed E-state index contributed by atoms with van der Waals surface area (Å²) in [6, 6.07) is 6.72. The van der Waals surface area contributed by atoms with Crippen LogP contribution in [-0.2, 0) is 60.8 Å². The molecule has 3 saturated heterocycles. The average molecular weight is 1320 g/mol. The first-order valence-electron chi connectivity index (χ1n) is 30.6. The third kappa shape index (κ3) is 15.1. The third-order valence-corrected chi connectivity index (χ3v) is 21.0. The molecule has 2 aliphatic carbocycles. The van der Waals surface area contributed by atoms with Gasteiger partial charge < -0.3 is 55.4 Å². The Hall–Kier alpha value is -7.79. The molecule has 92 heavy (non-hydrogen) atoms. The first kappa shape index (κ1) is 67.1. The molecule has 5 aliphatic heterocycles. The highest BCUT2D eigenvalue weighted by atomic mass is 31.3. The van der Waals surface area contributed by atoms with E-state index in [4.69, 9.17) is 18.8 Å². The number of methoxy groups -OCH3 is 1. The van der Waals surface area contributed by atoms with Crippen molar-refractivity contribution in [3.8, 4) is 5.75 Å². The van der Waals surface area contributed by atoms with Gasteiger partial charge in [0.05, 0.1) is 44.0 Å². The lowest BCUT2D eigenvalue weighted by molar-refractivity contribution is -0.150. The average Bonchev–Trinajstić information content (AvgIpc) is 0.959. The number of piperidine rings is 1. The lowest BCUT2D eigenvalue weighted by atomic mass is 9.62. The smallest absolute Gasteiger partial charge is 0.481 e. The second-order valence-corrected chi connectivity index (χ2v) is 27.3. The first-order valence-corrected chi connectivity index (χ1v) is 33.6. The van der Waals surface area contributed by atoms with Crippen LogP contribution in [0.2, 0.25) is 0 Å². The van der Waals surface area contributed by atoms with Crippen LogP contribution < -0.4 is 46.0 Å². The Kier molecular flexibility index (Phi) is 20.3. The number of likely N-dealkylation sites (tertiary alicyclic amines) is 1. The van der Waals surface area contributed by atoms with Gasteiger partial charge >= 0.3 is 15.6 Å². The Morgan fingerprint density at radius 3 is 2.20 bits per heavy atom. The summed E-state index contributed by atoms with van der Waals surface area (Å²) >= 11 is 0. The number of fused-ring (bicyclic) bond motifs is 1. The van der Waals surface area contributed by atoms with Crippen molar-refractivity contribution in [1.29, 1.82) is 0 Å². The number of phosphoric ester groups is 2. The lowest BCUT2D eigenvalue weighted by Gasteiger charge is -2.56. The fourth-order valence-electron chi connectivity index (χ4n) is 13.3. The van der Waals surface area contributed by atoms with Crippen molar-refractivity contribution in [3.63, 3.8) is 0 Å². The minimum atomic E-state index is -5.37. The van der Waals surface area contributed by atoms with E-state index < -0.39 is 117 Å². The van der Waals surface area contributed by atoms with E-state index >= 15 is 8.78 Å². The minimum Gasteiger partial charge on any atom is -0.495 e. The molecule has 5 fully saturated rings. The quantitative estimate of drug-likeness (QED) is 0.0356. The Balaban J connectivity index is 0.764. The van der Waals surface area contributed by atoms with E-state index in [1.54, 1.807) is 40.1 Å². The maximum Gasteiger partial charge on any atom is 0.481 e. The SMILES string of the molecule is CC[C@@H]1C(=O)N(C)c2cnc(Nc3ccc(C(=O)NC4(CCOP(=O)(O)OP(=O)(O)OCCNC(=O)CCNC(=O)CN5C(=O)C=CC5=O)CCC5(CC4)CN(C(=O)[C@@H]4CCN(c6cc(F)c(C7CCC(=O)NC7=O)c(F)c6)C4)C5)cc3OC)nc2N1C1CCCC1. The van der Waals surface area contributed by atoms with Crippen LogP contribution in [0.1, 0.15) is 119 Å². The molecule has 9 amide bonds. The van der Waals surface area contributed by atoms with E-state index in [1.165, 1.54) is 13.2 Å². The van der Waals surface area contributed by atoms with E-state index in [0.717, 1.165) is 50.0 Å². The molecule has 33 heteroatoms. The number of ether oxygens (including phenoxy) is 1. The zero-order valence-corrected chi connectivity index (χ0v) is 52.8. The maximum atomic E-state index is 15.5. The van der Waals surface area contributed by atoms with Gasteiger partial charge in [-0.2, -0.15) is 9.29 Å². The Bertz CT molecular complexity index is 3520. The predicted molar refractivity (Wildman–Crippen MR) is 324 cm³/mol. The molecular formula is C59H74F2N12O17P2. The molecule has 29 nitrogen and oxygen atoms in total. The van der Waals surface area contributed by atoms with Crippen LogP contribution in [0, 0.1) is 23.0 Å². The maximum absolute atomic E-state index is 15.5. The summed E-state index contributed by atoms with van der Waals surface area (Å²) in [4.78, 5) is 152. The molecule has 1 aromatic heterocycles. The molecule has 3 unspecified atom stereocenters. The first-order chi connectivity index (χ1) is 43.8. The molecule has 7 N–H and O–H groups in total. The number of nitrogens with zero attached hydrogens (tertiary/aromatic N) is 7. The van der Waals surface area contributed by atoms with Crippen LogP contribution in [0.15, 0.2) is 48.7 Å². The van der Waals surface area contributed by atoms with Crippen molar-refractivity contribution < 1.29 is 88.9 Å². The van der Waals surface area contributed by atoms with Crippen molar-refractivity contribution in [2.75, 3.05) is 93.2 Å². The number of hydrogen-bond acceptors (Lipinski definition) is 20. The van der Waals surface area contributed by atoms with Gasteiger partial charge in [-0.1, -0.05) is 19.8 Å². The second kappa shape index (κ2) is 27.8. The number of anilines is 5. The predicted octanol–water partition coefficient (Wildman–Crippen LogP) is 4.12. The molecule has 5 atom stereocenters. The van der Waals surface area contributed by atoms with Crippen molar-refractivity contribution in [2.45, 2.75) is 120 Å². The number of nitrogens with one attached hydrogen (secondary N) is 5. The van der Waals surface area contributed by atoms with Crippen LogP contribution in [0.25, 0.3) is 0 Å². The molecule has 0 radical (unpaired) electrons. The Labute approximate surface area is 527 Å². The molecule has 3 aromatic rings. The number of carbonyl (C=O) groups excluding carboxylic acids is 9. The van der Waals surface area contributed by atoms with Crippen molar-refractivity contribution in [3.05, 3.63) is 71.4 Å².